The van der Waals surface area contributed by atoms with Gasteiger partial charge in [0.15, 0.2) is 0 Å². The lowest BCUT2D eigenvalue weighted by Gasteiger charge is -2.19. The summed E-state index contributed by atoms with van der Waals surface area (Å²) < 4.78 is 1.33. The Hall–Kier alpha value is -0.200. The number of aromatic nitrogens is 2. The first-order valence-corrected chi connectivity index (χ1v) is 7.77. The Bertz CT molecular complexity index is 543. The van der Waals surface area contributed by atoms with Crippen molar-refractivity contribution in [1.29, 1.82) is 0 Å². The van der Waals surface area contributed by atoms with Gasteiger partial charge in [0, 0.05) is 11.1 Å². The Labute approximate surface area is 124 Å². The van der Waals surface area contributed by atoms with E-state index in [1.807, 2.05) is 6.07 Å². The normalized spacial score (nSPS) is 12.1. The molecular formula is C11H13Cl2N3S2. The van der Waals surface area contributed by atoms with E-state index in [4.69, 9.17) is 23.2 Å². The fraction of sp³-hybridized carbons (Fsp3) is 0.455. The standard InChI is InChI=1S/C11H13Cl2N3S2/c1-11(2,3)14-5-8-15-16-10(18-8)6-4-7(12)17-9(6)13/h4,14H,5H2,1-3H3. The van der Waals surface area contributed by atoms with Gasteiger partial charge < -0.3 is 5.32 Å². The molecule has 0 aliphatic rings. The van der Waals surface area contributed by atoms with E-state index in [1.165, 1.54) is 22.7 Å². The summed E-state index contributed by atoms with van der Waals surface area (Å²) in [5.41, 5.74) is 0.931. The lowest BCUT2D eigenvalue weighted by atomic mass is 10.1. The predicted molar refractivity (Wildman–Crippen MR) is 79.8 cm³/mol. The molecule has 18 heavy (non-hydrogen) atoms. The van der Waals surface area contributed by atoms with Crippen molar-refractivity contribution in [3.8, 4) is 10.6 Å². The molecule has 0 radical (unpaired) electrons. The summed E-state index contributed by atoms with van der Waals surface area (Å²) in [6, 6.07) is 1.83. The van der Waals surface area contributed by atoms with Crippen LogP contribution < -0.4 is 5.32 Å². The molecule has 7 heteroatoms. The molecule has 0 fully saturated rings. The van der Waals surface area contributed by atoms with Crippen LogP contribution in [0.25, 0.3) is 10.6 Å². The van der Waals surface area contributed by atoms with Gasteiger partial charge in [0.1, 0.15) is 14.4 Å². The van der Waals surface area contributed by atoms with Crippen LogP contribution in [0.3, 0.4) is 0 Å². The highest BCUT2D eigenvalue weighted by Crippen LogP contribution is 2.39. The van der Waals surface area contributed by atoms with Gasteiger partial charge in [0.2, 0.25) is 0 Å². The van der Waals surface area contributed by atoms with E-state index >= 15 is 0 Å². The Morgan fingerprint density at radius 1 is 1.22 bits per heavy atom. The lowest BCUT2D eigenvalue weighted by molar-refractivity contribution is 0.423. The number of thiophene rings is 1. The van der Waals surface area contributed by atoms with Gasteiger partial charge in [0.05, 0.1) is 10.9 Å². The van der Waals surface area contributed by atoms with Gasteiger partial charge in [-0.05, 0) is 26.8 Å². The minimum absolute atomic E-state index is 0.0647. The second-order valence-electron chi connectivity index (χ2n) is 4.84. The third-order valence-corrected chi connectivity index (χ3v) is 4.57. The molecule has 0 amide bonds. The van der Waals surface area contributed by atoms with E-state index in [9.17, 15) is 0 Å². The maximum absolute atomic E-state index is 6.10. The molecular weight excluding hydrogens is 309 g/mol. The maximum atomic E-state index is 6.10. The van der Waals surface area contributed by atoms with E-state index in [0.29, 0.717) is 15.2 Å². The summed E-state index contributed by atoms with van der Waals surface area (Å²) in [5.74, 6) is 0. The zero-order valence-electron chi connectivity index (χ0n) is 10.3. The van der Waals surface area contributed by atoms with Gasteiger partial charge in [-0.25, -0.2) is 0 Å². The Morgan fingerprint density at radius 3 is 2.50 bits per heavy atom. The first-order valence-electron chi connectivity index (χ1n) is 5.38. The van der Waals surface area contributed by atoms with Crippen molar-refractivity contribution in [3.05, 3.63) is 19.7 Å². The predicted octanol–water partition coefficient (Wildman–Crippen LogP) is 4.46. The third-order valence-electron chi connectivity index (χ3n) is 2.12. The highest BCUT2D eigenvalue weighted by molar-refractivity contribution is 7.21. The molecule has 2 aromatic rings. The number of nitrogens with zero attached hydrogens (tertiary/aromatic N) is 2. The van der Waals surface area contributed by atoms with Crippen LogP contribution in [0.2, 0.25) is 8.67 Å². The van der Waals surface area contributed by atoms with Crippen molar-refractivity contribution < 1.29 is 0 Å². The molecule has 3 nitrogen and oxygen atoms in total. The molecule has 0 saturated carbocycles. The summed E-state index contributed by atoms with van der Waals surface area (Å²) >= 11 is 14.9. The summed E-state index contributed by atoms with van der Waals surface area (Å²) in [6.45, 7) is 7.05. The molecule has 2 aromatic heterocycles. The first-order chi connectivity index (χ1) is 8.35. The molecule has 0 spiro atoms. The van der Waals surface area contributed by atoms with Crippen molar-refractivity contribution in [2.75, 3.05) is 0 Å². The molecule has 0 saturated heterocycles. The third kappa shape index (κ3) is 3.65. The molecule has 2 rings (SSSR count). The van der Waals surface area contributed by atoms with Crippen LogP contribution >= 0.6 is 45.9 Å². The van der Waals surface area contributed by atoms with Gasteiger partial charge in [-0.1, -0.05) is 34.5 Å². The zero-order chi connectivity index (χ0) is 13.3. The maximum Gasteiger partial charge on any atom is 0.150 e. The van der Waals surface area contributed by atoms with E-state index in [-0.39, 0.29) is 5.54 Å². The number of halogens is 2. The van der Waals surface area contributed by atoms with Gasteiger partial charge in [0.25, 0.3) is 0 Å². The fourth-order valence-corrected chi connectivity index (χ4v) is 3.65. The number of hydrogen-bond donors (Lipinski definition) is 1. The first kappa shape index (κ1) is 14.2. The average molecular weight is 322 g/mol. The van der Waals surface area contributed by atoms with Crippen LogP contribution in [-0.2, 0) is 6.54 Å². The van der Waals surface area contributed by atoms with Crippen LogP contribution in [0, 0.1) is 0 Å². The molecule has 1 N–H and O–H groups in total. The minimum atomic E-state index is 0.0647. The van der Waals surface area contributed by atoms with Crippen molar-refractivity contribution in [3.63, 3.8) is 0 Å². The van der Waals surface area contributed by atoms with Crippen LogP contribution in [-0.4, -0.2) is 15.7 Å². The van der Waals surface area contributed by atoms with E-state index in [1.54, 1.807) is 0 Å². The van der Waals surface area contributed by atoms with E-state index < -0.39 is 0 Å². The number of nitrogens with one attached hydrogen (secondary N) is 1. The van der Waals surface area contributed by atoms with Crippen LogP contribution in [0.5, 0.6) is 0 Å². The van der Waals surface area contributed by atoms with Crippen molar-refractivity contribution in [1.82, 2.24) is 15.5 Å². The van der Waals surface area contributed by atoms with Crippen LogP contribution in [0.1, 0.15) is 25.8 Å². The zero-order valence-corrected chi connectivity index (χ0v) is 13.4. The van der Waals surface area contributed by atoms with Gasteiger partial charge in [-0.3, -0.25) is 0 Å². The van der Waals surface area contributed by atoms with Gasteiger partial charge in [-0.15, -0.1) is 21.5 Å². The van der Waals surface area contributed by atoms with Crippen LogP contribution in [0.15, 0.2) is 6.07 Å². The molecule has 0 aliphatic carbocycles. The quantitative estimate of drug-likeness (QED) is 0.906. The molecule has 0 atom stereocenters. The Kier molecular flexibility index (Phi) is 4.29. The Balaban J connectivity index is 2.13. The van der Waals surface area contributed by atoms with Crippen molar-refractivity contribution in [2.45, 2.75) is 32.9 Å². The second kappa shape index (κ2) is 5.43. The monoisotopic (exact) mass is 321 g/mol. The average Bonchev–Trinajstić information content (AvgIpc) is 2.81. The SMILES string of the molecule is CC(C)(C)NCc1nnc(-c2cc(Cl)sc2Cl)s1. The number of hydrogen-bond acceptors (Lipinski definition) is 5. The minimum Gasteiger partial charge on any atom is -0.306 e. The van der Waals surface area contributed by atoms with E-state index in [0.717, 1.165) is 15.6 Å². The highest BCUT2D eigenvalue weighted by atomic mass is 35.5. The molecule has 0 aromatic carbocycles. The highest BCUT2D eigenvalue weighted by Gasteiger charge is 2.15. The molecule has 0 bridgehead atoms. The summed E-state index contributed by atoms with van der Waals surface area (Å²) in [4.78, 5) is 0. The smallest absolute Gasteiger partial charge is 0.150 e. The van der Waals surface area contributed by atoms with Crippen LogP contribution in [0.4, 0.5) is 0 Å². The summed E-state index contributed by atoms with van der Waals surface area (Å²) in [6.07, 6.45) is 0. The van der Waals surface area contributed by atoms with Gasteiger partial charge in [-0.2, -0.15) is 0 Å². The fourth-order valence-electron chi connectivity index (χ4n) is 1.26. The summed E-state index contributed by atoms with van der Waals surface area (Å²) in [7, 11) is 0. The van der Waals surface area contributed by atoms with E-state index in [2.05, 4.69) is 36.3 Å². The molecule has 0 aliphatic heterocycles. The van der Waals surface area contributed by atoms with Crippen molar-refractivity contribution >= 4 is 45.9 Å². The molecule has 2 heterocycles. The van der Waals surface area contributed by atoms with Crippen molar-refractivity contribution in [2.24, 2.45) is 0 Å². The second-order valence-corrected chi connectivity index (χ2v) is 8.19. The largest absolute Gasteiger partial charge is 0.306 e. The summed E-state index contributed by atoms with van der Waals surface area (Å²) in [5, 5.41) is 13.4. The number of rotatable bonds is 3. The van der Waals surface area contributed by atoms with Gasteiger partial charge >= 0.3 is 0 Å². The lowest BCUT2D eigenvalue weighted by Crippen LogP contribution is -2.35. The molecule has 0 unspecified atom stereocenters. The molecule has 98 valence electrons. The Morgan fingerprint density at radius 2 is 1.94 bits per heavy atom. The topological polar surface area (TPSA) is 37.8 Å².